The molecule has 0 amide bonds. The number of H-pyrrole nitrogens is 1. The maximum Gasteiger partial charge on any atom is 0.417 e. The molecule has 4 nitrogen and oxygen atoms in total. The highest BCUT2D eigenvalue weighted by atomic mass is 19.4. The molecule has 1 N–H and O–H groups in total. The molecule has 1 fully saturated rings. The van der Waals surface area contributed by atoms with E-state index in [4.69, 9.17) is 9.47 Å². The minimum atomic E-state index is -4.74. The molecule has 0 unspecified atom stereocenters. The van der Waals surface area contributed by atoms with Crippen LogP contribution in [0.15, 0.2) is 23.0 Å². The van der Waals surface area contributed by atoms with Gasteiger partial charge in [0.25, 0.3) is 0 Å². The maximum atomic E-state index is 14.4. The van der Waals surface area contributed by atoms with Gasteiger partial charge in [-0.1, -0.05) is 13.0 Å². The van der Waals surface area contributed by atoms with Gasteiger partial charge in [0.1, 0.15) is 6.10 Å². The molecular formula is C21H22F5NO3. The van der Waals surface area contributed by atoms with E-state index in [0.29, 0.717) is 11.3 Å². The van der Waals surface area contributed by atoms with Gasteiger partial charge in [0.2, 0.25) is 5.82 Å². The summed E-state index contributed by atoms with van der Waals surface area (Å²) in [7, 11) is 1.11. The van der Waals surface area contributed by atoms with Crippen LogP contribution >= 0.6 is 0 Å². The Morgan fingerprint density at radius 1 is 1.20 bits per heavy atom. The molecule has 0 bridgehead atoms. The fraction of sp³-hybridized carbons (Fsp3) is 0.476. The SMILES string of the molecule is COc1c([C@H]2[C@H](c3cc(=O)c(C)c(C)[nH]3)O[C@@](C)(C(F)(F)F)[C@H]2C)ccc(F)c1F. The highest BCUT2D eigenvalue weighted by Crippen LogP contribution is 2.59. The quantitative estimate of drug-likeness (QED) is 0.689. The lowest BCUT2D eigenvalue weighted by Gasteiger charge is -2.32. The van der Waals surface area contributed by atoms with Crippen LogP contribution in [-0.4, -0.2) is 23.9 Å². The zero-order valence-corrected chi connectivity index (χ0v) is 17.1. The summed E-state index contributed by atoms with van der Waals surface area (Å²) in [6.45, 7) is 5.45. The van der Waals surface area contributed by atoms with Gasteiger partial charge in [-0.3, -0.25) is 4.79 Å². The molecule has 3 rings (SSSR count). The Hall–Kier alpha value is -2.42. The molecule has 0 saturated carbocycles. The molecule has 4 atom stereocenters. The monoisotopic (exact) mass is 431 g/mol. The van der Waals surface area contributed by atoms with Crippen LogP contribution in [0.1, 0.15) is 48.4 Å². The highest BCUT2D eigenvalue weighted by molar-refractivity contribution is 5.42. The minimum absolute atomic E-state index is 0.0287. The summed E-state index contributed by atoms with van der Waals surface area (Å²) in [5.41, 5.74) is -1.90. The molecule has 1 aromatic carbocycles. The summed E-state index contributed by atoms with van der Waals surface area (Å²) < 4.78 is 80.5. The third-order valence-electron chi connectivity index (χ3n) is 6.17. The van der Waals surface area contributed by atoms with Crippen LogP contribution in [0.3, 0.4) is 0 Å². The van der Waals surface area contributed by atoms with Crippen molar-refractivity contribution in [3.63, 3.8) is 0 Å². The first-order valence-corrected chi connectivity index (χ1v) is 9.30. The second kappa shape index (κ2) is 7.37. The van der Waals surface area contributed by atoms with E-state index in [1.807, 2.05) is 0 Å². The van der Waals surface area contributed by atoms with E-state index in [9.17, 15) is 26.7 Å². The Bertz CT molecular complexity index is 1030. The first-order valence-electron chi connectivity index (χ1n) is 9.30. The van der Waals surface area contributed by atoms with Crippen molar-refractivity contribution < 1.29 is 31.4 Å². The Balaban J connectivity index is 2.27. The van der Waals surface area contributed by atoms with Gasteiger partial charge in [0.15, 0.2) is 22.6 Å². The lowest BCUT2D eigenvalue weighted by Crippen LogP contribution is -2.46. The lowest BCUT2D eigenvalue weighted by molar-refractivity contribution is -0.275. The predicted molar refractivity (Wildman–Crippen MR) is 99.6 cm³/mol. The molecule has 164 valence electrons. The van der Waals surface area contributed by atoms with Crippen molar-refractivity contribution in [3.05, 3.63) is 62.6 Å². The molecule has 30 heavy (non-hydrogen) atoms. The standard InChI is InChI=1S/C21H22F5NO3/c1-9-11(3)27-14(8-15(9)28)19-16(10(2)20(4,30-19)21(24,25)26)12-6-7-13(22)17(23)18(12)29-5/h6-8,10,16,19H,1-5H3,(H,27,28)/t10-,16-,19-,20+/m0/s1. The maximum absolute atomic E-state index is 14.4. The summed E-state index contributed by atoms with van der Waals surface area (Å²) in [4.78, 5) is 15.2. The Morgan fingerprint density at radius 2 is 1.83 bits per heavy atom. The van der Waals surface area contributed by atoms with Crippen LogP contribution in [0.25, 0.3) is 0 Å². The fourth-order valence-electron chi connectivity index (χ4n) is 4.01. The van der Waals surface area contributed by atoms with Crippen molar-refractivity contribution in [2.45, 2.75) is 51.5 Å². The van der Waals surface area contributed by atoms with E-state index < -0.39 is 47.1 Å². The second-order valence-electron chi connectivity index (χ2n) is 7.78. The molecular weight excluding hydrogens is 409 g/mol. The molecule has 2 heterocycles. The number of nitrogens with one attached hydrogen (secondary N) is 1. The number of alkyl halides is 3. The molecule has 0 radical (unpaired) electrons. The molecule has 0 aliphatic carbocycles. The third kappa shape index (κ3) is 3.29. The summed E-state index contributed by atoms with van der Waals surface area (Å²) in [6.07, 6.45) is -6.01. The van der Waals surface area contributed by atoms with Crippen LogP contribution < -0.4 is 10.2 Å². The first kappa shape index (κ1) is 22.3. The van der Waals surface area contributed by atoms with Crippen molar-refractivity contribution in [1.82, 2.24) is 4.98 Å². The van der Waals surface area contributed by atoms with Crippen molar-refractivity contribution in [1.29, 1.82) is 0 Å². The number of hydrogen-bond acceptors (Lipinski definition) is 3. The smallest absolute Gasteiger partial charge is 0.417 e. The molecule has 0 spiro atoms. The number of halogens is 5. The van der Waals surface area contributed by atoms with Crippen LogP contribution in [0.2, 0.25) is 0 Å². The zero-order chi connectivity index (χ0) is 22.6. The number of ether oxygens (including phenoxy) is 2. The van der Waals surface area contributed by atoms with Crippen LogP contribution in [0.5, 0.6) is 5.75 Å². The second-order valence-corrected chi connectivity index (χ2v) is 7.78. The third-order valence-corrected chi connectivity index (χ3v) is 6.17. The van der Waals surface area contributed by atoms with E-state index in [2.05, 4.69) is 4.98 Å². The molecule has 1 saturated heterocycles. The molecule has 1 aliphatic heterocycles. The fourth-order valence-corrected chi connectivity index (χ4v) is 4.01. The van der Waals surface area contributed by atoms with Crippen molar-refractivity contribution in [3.8, 4) is 5.75 Å². The number of benzene rings is 1. The number of aromatic amines is 1. The minimum Gasteiger partial charge on any atom is -0.493 e. The van der Waals surface area contributed by atoms with Gasteiger partial charge < -0.3 is 14.5 Å². The number of hydrogen-bond donors (Lipinski definition) is 1. The molecule has 2 aromatic rings. The van der Waals surface area contributed by atoms with E-state index >= 15 is 0 Å². The number of aryl methyl sites for hydroxylation is 1. The van der Waals surface area contributed by atoms with E-state index in [-0.39, 0.29) is 16.7 Å². The van der Waals surface area contributed by atoms with Gasteiger partial charge >= 0.3 is 6.18 Å². The van der Waals surface area contributed by atoms with E-state index in [1.54, 1.807) is 13.8 Å². The van der Waals surface area contributed by atoms with Gasteiger partial charge in [-0.25, -0.2) is 4.39 Å². The number of methoxy groups -OCH3 is 1. The lowest BCUT2D eigenvalue weighted by atomic mass is 9.76. The zero-order valence-electron chi connectivity index (χ0n) is 17.1. The van der Waals surface area contributed by atoms with Gasteiger partial charge in [-0.05, 0) is 26.8 Å². The van der Waals surface area contributed by atoms with E-state index in [0.717, 1.165) is 20.1 Å². The largest absolute Gasteiger partial charge is 0.493 e. The van der Waals surface area contributed by atoms with Crippen LogP contribution in [-0.2, 0) is 4.74 Å². The highest BCUT2D eigenvalue weighted by Gasteiger charge is 2.65. The Morgan fingerprint density at radius 3 is 2.37 bits per heavy atom. The number of rotatable bonds is 3. The molecule has 9 heteroatoms. The molecule has 1 aliphatic rings. The van der Waals surface area contributed by atoms with Gasteiger partial charge in [0.05, 0.1) is 7.11 Å². The summed E-state index contributed by atoms with van der Waals surface area (Å²) in [5, 5.41) is 0. The average Bonchev–Trinajstić information content (AvgIpc) is 2.94. The van der Waals surface area contributed by atoms with Gasteiger partial charge in [-0.2, -0.15) is 17.6 Å². The first-order chi connectivity index (χ1) is 13.8. The number of aromatic nitrogens is 1. The van der Waals surface area contributed by atoms with Crippen molar-refractivity contribution in [2.24, 2.45) is 5.92 Å². The van der Waals surface area contributed by atoms with Crippen molar-refractivity contribution in [2.75, 3.05) is 7.11 Å². The topological polar surface area (TPSA) is 51.3 Å². The van der Waals surface area contributed by atoms with Crippen LogP contribution in [0.4, 0.5) is 22.0 Å². The van der Waals surface area contributed by atoms with Crippen molar-refractivity contribution >= 4 is 0 Å². The molecule has 1 aromatic heterocycles. The summed E-state index contributed by atoms with van der Waals surface area (Å²) >= 11 is 0. The number of pyridine rings is 1. The predicted octanol–water partition coefficient (Wildman–Crippen LogP) is 5.09. The Labute approximate surface area is 170 Å². The van der Waals surface area contributed by atoms with Crippen LogP contribution in [0, 0.1) is 31.4 Å². The summed E-state index contributed by atoms with van der Waals surface area (Å²) in [6, 6.07) is 3.21. The normalized spacial score (nSPS) is 26.8. The van der Waals surface area contributed by atoms with E-state index in [1.165, 1.54) is 19.1 Å². The average molecular weight is 431 g/mol. The Kier molecular flexibility index (Phi) is 5.47. The summed E-state index contributed by atoms with van der Waals surface area (Å²) in [5.74, 6) is -5.24. The van der Waals surface area contributed by atoms with Gasteiger partial charge in [0, 0.05) is 40.4 Å². The van der Waals surface area contributed by atoms with Gasteiger partial charge in [-0.15, -0.1) is 0 Å².